The maximum atomic E-state index is 13.3. The van der Waals surface area contributed by atoms with E-state index < -0.39 is 42.1 Å². The van der Waals surface area contributed by atoms with Crippen LogP contribution in [-0.2, 0) is 25.6 Å². The Bertz CT molecular complexity index is 1190. The van der Waals surface area contributed by atoms with E-state index in [1.807, 2.05) is 41.0 Å². The molecule has 1 fully saturated rings. The zero-order chi connectivity index (χ0) is 25.8. The largest absolute Gasteiger partial charge is 0.480 e. The number of hydrogen-bond acceptors (Lipinski definition) is 6. The van der Waals surface area contributed by atoms with Gasteiger partial charge in [-0.05, 0) is 30.9 Å². The van der Waals surface area contributed by atoms with Crippen LogP contribution in [0.15, 0.2) is 42.5 Å². The molecule has 192 valence electrons. The van der Waals surface area contributed by atoms with E-state index in [2.05, 4.69) is 5.32 Å². The molecular formula is C26H31N3O7. The second kappa shape index (κ2) is 10.8. The minimum absolute atomic E-state index is 0.0395. The second-order valence-corrected chi connectivity index (χ2v) is 9.42. The number of allylic oxidation sites excluding steroid dienone is 2. The summed E-state index contributed by atoms with van der Waals surface area (Å²) in [5, 5.41) is 13.2. The zero-order valence-electron chi connectivity index (χ0n) is 20.4. The molecule has 0 spiro atoms. The number of carboxylic acids is 1. The molecule has 0 aliphatic carbocycles. The number of carboxylic acid groups (broad SMARTS) is 1. The highest BCUT2D eigenvalue weighted by Gasteiger charge is 2.44. The van der Waals surface area contributed by atoms with Crippen molar-refractivity contribution in [2.24, 2.45) is 5.92 Å². The van der Waals surface area contributed by atoms with E-state index in [1.165, 1.54) is 4.90 Å². The van der Waals surface area contributed by atoms with Gasteiger partial charge in [-0.3, -0.25) is 4.79 Å². The Hall–Kier alpha value is -3.82. The number of aliphatic carboxylic acids is 1. The summed E-state index contributed by atoms with van der Waals surface area (Å²) < 4.78 is 12.8. The Morgan fingerprint density at radius 1 is 1.17 bits per heavy atom. The van der Waals surface area contributed by atoms with Gasteiger partial charge in [0, 0.05) is 23.9 Å². The molecule has 2 aliphatic heterocycles. The highest BCUT2D eigenvalue weighted by atomic mass is 16.6. The van der Waals surface area contributed by atoms with E-state index in [-0.39, 0.29) is 25.5 Å². The Kier molecular flexibility index (Phi) is 7.61. The van der Waals surface area contributed by atoms with Gasteiger partial charge in [0.25, 0.3) is 0 Å². The molecule has 2 aromatic rings. The number of carbonyl (C=O) groups is 4. The number of aromatic nitrogens is 1. The van der Waals surface area contributed by atoms with Crippen molar-refractivity contribution in [3.63, 3.8) is 0 Å². The highest BCUT2D eigenvalue weighted by Crippen LogP contribution is 2.26. The number of esters is 1. The predicted molar refractivity (Wildman–Crippen MR) is 130 cm³/mol. The molecule has 0 unspecified atom stereocenters. The number of ether oxygens (including phenoxy) is 2. The van der Waals surface area contributed by atoms with Crippen molar-refractivity contribution in [1.29, 1.82) is 0 Å². The van der Waals surface area contributed by atoms with Crippen LogP contribution in [0.5, 0.6) is 0 Å². The summed E-state index contributed by atoms with van der Waals surface area (Å²) in [5.41, 5.74) is 1.23. The summed E-state index contributed by atoms with van der Waals surface area (Å²) in [6.45, 7) is 4.02. The molecule has 4 rings (SSSR count). The van der Waals surface area contributed by atoms with Crippen LogP contribution in [0.1, 0.15) is 43.6 Å². The number of fused-ring (bicyclic) bond motifs is 5. The normalized spacial score (nSPS) is 24.9. The van der Waals surface area contributed by atoms with Crippen LogP contribution in [0.3, 0.4) is 0 Å². The number of carbonyl (C=O) groups excluding carboxylic acids is 3. The molecule has 3 heterocycles. The number of nitrogens with one attached hydrogen (secondary N) is 1. The van der Waals surface area contributed by atoms with Gasteiger partial charge in [0.05, 0.1) is 13.2 Å². The first kappa shape index (κ1) is 25.3. The number of para-hydroxylation sites is 1. The molecule has 3 atom stereocenters. The molecule has 1 aromatic heterocycles. The van der Waals surface area contributed by atoms with E-state index in [4.69, 9.17) is 9.47 Å². The number of amides is 2. The minimum atomic E-state index is -1.20. The van der Waals surface area contributed by atoms with E-state index in [0.717, 1.165) is 10.9 Å². The molecule has 0 saturated carbocycles. The van der Waals surface area contributed by atoms with Crippen molar-refractivity contribution in [2.75, 3.05) is 13.2 Å². The zero-order valence-corrected chi connectivity index (χ0v) is 20.4. The molecule has 36 heavy (non-hydrogen) atoms. The Morgan fingerprint density at radius 2 is 1.94 bits per heavy atom. The molecule has 2 amide bonds. The Labute approximate surface area is 208 Å². The third kappa shape index (κ3) is 5.37. The van der Waals surface area contributed by atoms with Gasteiger partial charge in [-0.1, -0.05) is 44.2 Å². The van der Waals surface area contributed by atoms with Gasteiger partial charge in [-0.2, -0.15) is 0 Å². The van der Waals surface area contributed by atoms with Crippen LogP contribution >= 0.6 is 0 Å². The van der Waals surface area contributed by atoms with E-state index >= 15 is 0 Å². The van der Waals surface area contributed by atoms with Crippen molar-refractivity contribution in [3.8, 4) is 0 Å². The van der Waals surface area contributed by atoms with Crippen LogP contribution in [0, 0.1) is 5.92 Å². The quantitative estimate of drug-likeness (QED) is 0.482. The summed E-state index contributed by atoms with van der Waals surface area (Å²) in [4.78, 5) is 52.0. The third-order valence-corrected chi connectivity index (χ3v) is 6.53. The summed E-state index contributed by atoms with van der Waals surface area (Å²) in [7, 11) is 0. The standard InChI is InChI=1S/C26H31N3O7/c1-16(2)22-23(30)29-15-18(14-20(29)24(31)32)36-25(33)21-13-17-9-5-6-10-19(17)28(21)11-7-3-4-8-12-35-26(34)27-22/h3,5-7,9-10,13,16,18,20,22H,4,8,11-12,14-15H2,1-2H3,(H,27,34)(H,31,32)/b7-3+/t18-,20+,22+/m1/s1. The van der Waals surface area contributed by atoms with Crippen molar-refractivity contribution in [1.82, 2.24) is 14.8 Å². The monoisotopic (exact) mass is 497 g/mol. The number of cyclic esters (lactones) is 1. The van der Waals surface area contributed by atoms with Crippen LogP contribution in [0.25, 0.3) is 10.9 Å². The molecule has 10 nitrogen and oxygen atoms in total. The molecule has 2 N–H and O–H groups in total. The van der Waals surface area contributed by atoms with E-state index in [9.17, 15) is 24.3 Å². The lowest BCUT2D eigenvalue weighted by atomic mass is 10.0. The number of benzene rings is 1. The number of rotatable bonds is 2. The molecule has 2 bridgehead atoms. The van der Waals surface area contributed by atoms with E-state index in [1.54, 1.807) is 19.9 Å². The minimum Gasteiger partial charge on any atom is -0.480 e. The molecule has 1 aromatic carbocycles. The van der Waals surface area contributed by atoms with Crippen LogP contribution in [-0.4, -0.2) is 69.9 Å². The first-order chi connectivity index (χ1) is 17.3. The summed E-state index contributed by atoms with van der Waals surface area (Å²) in [6, 6.07) is 7.21. The van der Waals surface area contributed by atoms with Gasteiger partial charge in [0.1, 0.15) is 23.9 Å². The van der Waals surface area contributed by atoms with Gasteiger partial charge in [0.2, 0.25) is 5.91 Å². The Morgan fingerprint density at radius 3 is 2.69 bits per heavy atom. The molecule has 2 aliphatic rings. The van der Waals surface area contributed by atoms with Gasteiger partial charge in [-0.15, -0.1) is 0 Å². The summed E-state index contributed by atoms with van der Waals surface area (Å²) >= 11 is 0. The average Bonchev–Trinajstić information content (AvgIpc) is 3.43. The smallest absolute Gasteiger partial charge is 0.407 e. The predicted octanol–water partition coefficient (Wildman–Crippen LogP) is 2.95. The highest BCUT2D eigenvalue weighted by molar-refractivity contribution is 5.96. The SMILES string of the molecule is CC(C)[C@@H]1NC(=O)OCCC/C=C/Cn2c(cc3ccccc32)C(=O)O[C@@H]2C[C@@H](C(=O)O)N(C2)C1=O. The summed E-state index contributed by atoms with van der Waals surface area (Å²) in [5.74, 6) is -2.64. The van der Waals surface area contributed by atoms with Crippen molar-refractivity contribution in [2.45, 2.75) is 57.8 Å². The lowest BCUT2D eigenvalue weighted by molar-refractivity contribution is -0.149. The number of alkyl carbamates (subject to hydrolysis) is 1. The first-order valence-electron chi connectivity index (χ1n) is 12.2. The van der Waals surface area contributed by atoms with Crippen molar-refractivity contribution < 1.29 is 33.8 Å². The second-order valence-electron chi connectivity index (χ2n) is 9.42. The molecular weight excluding hydrogens is 466 g/mol. The molecule has 1 saturated heterocycles. The van der Waals surface area contributed by atoms with Crippen molar-refractivity contribution >= 4 is 34.8 Å². The fraction of sp³-hybridized carbons (Fsp3) is 0.462. The maximum absolute atomic E-state index is 13.3. The van der Waals surface area contributed by atoms with Crippen LogP contribution in [0.2, 0.25) is 0 Å². The fourth-order valence-electron chi connectivity index (χ4n) is 4.67. The lowest BCUT2D eigenvalue weighted by Crippen LogP contribution is -2.54. The Balaban J connectivity index is 1.67. The van der Waals surface area contributed by atoms with Crippen LogP contribution in [0.4, 0.5) is 4.79 Å². The third-order valence-electron chi connectivity index (χ3n) is 6.53. The first-order valence-corrected chi connectivity index (χ1v) is 12.2. The van der Waals surface area contributed by atoms with Gasteiger partial charge in [-0.25, -0.2) is 14.4 Å². The van der Waals surface area contributed by atoms with Gasteiger partial charge < -0.3 is 29.4 Å². The molecule has 0 radical (unpaired) electrons. The number of hydrogen-bond donors (Lipinski definition) is 2. The topological polar surface area (TPSA) is 127 Å². The average molecular weight is 498 g/mol. The van der Waals surface area contributed by atoms with Crippen LogP contribution < -0.4 is 5.32 Å². The van der Waals surface area contributed by atoms with Gasteiger partial charge >= 0.3 is 18.0 Å². The van der Waals surface area contributed by atoms with Gasteiger partial charge in [0.15, 0.2) is 0 Å². The van der Waals surface area contributed by atoms with Crippen molar-refractivity contribution in [3.05, 3.63) is 48.2 Å². The maximum Gasteiger partial charge on any atom is 0.407 e. The number of nitrogens with zero attached hydrogens (tertiary/aromatic N) is 2. The van der Waals surface area contributed by atoms with E-state index in [0.29, 0.717) is 25.1 Å². The fourth-order valence-corrected chi connectivity index (χ4v) is 4.67. The lowest BCUT2D eigenvalue weighted by Gasteiger charge is -2.29. The summed E-state index contributed by atoms with van der Waals surface area (Å²) in [6.07, 6.45) is 3.57. The molecule has 10 heteroatoms.